The van der Waals surface area contributed by atoms with Crippen LogP contribution in [0.5, 0.6) is 11.5 Å². The molecule has 4 aliphatic rings. The summed E-state index contributed by atoms with van der Waals surface area (Å²) in [5, 5.41) is 11.9. The van der Waals surface area contributed by atoms with Crippen molar-refractivity contribution in [3.05, 3.63) is 23.3 Å². The zero-order chi connectivity index (χ0) is 26.8. The van der Waals surface area contributed by atoms with Gasteiger partial charge in [0, 0.05) is 56.1 Å². The lowest BCUT2D eigenvalue weighted by Crippen LogP contribution is -2.75. The molecule has 3 saturated carbocycles. The number of carbonyl (C=O) groups excluding carboxylic acids is 3. The molecule has 200 valence electrons. The normalized spacial score (nSPS) is 29.1. The lowest BCUT2D eigenvalue weighted by Gasteiger charge is -2.59. The third kappa shape index (κ3) is 4.17. The molecular formula is C29H38N2O6. The number of ketones is 2. The number of fused-ring (bicyclic) bond motifs is 1. The van der Waals surface area contributed by atoms with Crippen LogP contribution < -0.4 is 9.47 Å². The quantitative estimate of drug-likeness (QED) is 0.590. The van der Waals surface area contributed by atoms with Crippen LogP contribution in [0.2, 0.25) is 0 Å². The predicted octanol–water partition coefficient (Wildman–Crippen LogP) is 4.17. The van der Waals surface area contributed by atoms with Gasteiger partial charge in [-0.05, 0) is 50.2 Å². The van der Waals surface area contributed by atoms with Crippen molar-refractivity contribution in [2.45, 2.75) is 89.8 Å². The molecule has 0 saturated heterocycles. The first kappa shape index (κ1) is 25.9. The Bertz CT molecular complexity index is 1180. The summed E-state index contributed by atoms with van der Waals surface area (Å²) in [6.45, 7) is 8.70. The summed E-state index contributed by atoms with van der Waals surface area (Å²) in [6.07, 6.45) is 2.94. The van der Waals surface area contributed by atoms with E-state index in [0.717, 1.165) is 23.4 Å². The van der Waals surface area contributed by atoms with E-state index in [9.17, 15) is 19.5 Å². The zero-order valence-corrected chi connectivity index (χ0v) is 22.6. The van der Waals surface area contributed by atoms with Crippen molar-refractivity contribution in [3.63, 3.8) is 0 Å². The third-order valence-corrected chi connectivity index (χ3v) is 8.63. The van der Waals surface area contributed by atoms with Gasteiger partial charge in [0.25, 0.3) is 0 Å². The zero-order valence-electron chi connectivity index (χ0n) is 22.6. The lowest BCUT2D eigenvalue weighted by molar-refractivity contribution is -0.145. The van der Waals surface area contributed by atoms with E-state index in [2.05, 4.69) is 0 Å². The average molecular weight is 511 g/mol. The van der Waals surface area contributed by atoms with Crippen LogP contribution in [-0.2, 0) is 15.0 Å². The second-order valence-corrected chi connectivity index (χ2v) is 12.4. The Morgan fingerprint density at radius 2 is 2.00 bits per heavy atom. The van der Waals surface area contributed by atoms with Crippen LogP contribution in [0.25, 0.3) is 0 Å². The Morgan fingerprint density at radius 3 is 2.68 bits per heavy atom. The lowest BCUT2D eigenvalue weighted by atomic mass is 9.45. The van der Waals surface area contributed by atoms with E-state index in [1.165, 1.54) is 17.7 Å². The van der Waals surface area contributed by atoms with Crippen LogP contribution in [0.4, 0.5) is 4.79 Å². The monoisotopic (exact) mass is 510 g/mol. The number of hydrogen-bond acceptors (Lipinski definition) is 7. The van der Waals surface area contributed by atoms with Crippen molar-refractivity contribution in [2.24, 2.45) is 16.3 Å². The number of nitrogens with zero attached hydrogens (tertiary/aromatic N) is 2. The Balaban J connectivity index is 1.36. The maximum Gasteiger partial charge on any atom is 0.415 e. The highest BCUT2D eigenvalue weighted by atomic mass is 16.6. The predicted molar refractivity (Wildman–Crippen MR) is 138 cm³/mol. The van der Waals surface area contributed by atoms with Crippen LogP contribution >= 0.6 is 0 Å². The molecule has 1 heterocycles. The number of ether oxygens (including phenoxy) is 2. The van der Waals surface area contributed by atoms with Gasteiger partial charge in [0.15, 0.2) is 23.4 Å². The number of Topliss-reactive ketones (excluding diaryl/α,β-unsaturated/α-hetero) is 2. The van der Waals surface area contributed by atoms with Crippen LogP contribution in [0, 0.1) is 18.3 Å². The van der Waals surface area contributed by atoms with Crippen molar-refractivity contribution >= 4 is 23.4 Å². The highest BCUT2D eigenvalue weighted by Gasteiger charge is 2.75. The molecule has 1 aromatic carbocycles. The van der Waals surface area contributed by atoms with E-state index in [1.54, 1.807) is 13.1 Å². The fourth-order valence-corrected chi connectivity index (χ4v) is 6.06. The smallest absolute Gasteiger partial charge is 0.415 e. The van der Waals surface area contributed by atoms with E-state index >= 15 is 0 Å². The maximum absolute atomic E-state index is 13.0. The largest absolute Gasteiger partial charge is 0.477 e. The first-order chi connectivity index (χ1) is 17.4. The number of carbonyl (C=O) groups is 3. The van der Waals surface area contributed by atoms with Gasteiger partial charge >= 0.3 is 6.09 Å². The fourth-order valence-electron chi connectivity index (χ4n) is 6.06. The van der Waals surface area contributed by atoms with E-state index < -0.39 is 28.6 Å². The number of amides is 1. The van der Waals surface area contributed by atoms with Gasteiger partial charge in [0.2, 0.25) is 0 Å². The third-order valence-electron chi connectivity index (χ3n) is 8.63. The number of aliphatic imine (C=N–C) groups is 1. The van der Waals surface area contributed by atoms with Crippen molar-refractivity contribution in [3.8, 4) is 11.5 Å². The molecule has 3 atom stereocenters. The van der Waals surface area contributed by atoms with E-state index in [-0.39, 0.29) is 23.7 Å². The molecular weight excluding hydrogens is 472 g/mol. The molecule has 1 amide bonds. The molecule has 5 rings (SSSR count). The summed E-state index contributed by atoms with van der Waals surface area (Å²) in [5.41, 5.74) is -0.123. The standard InChI is InChI=1S/C29H38N2O6/c1-17-8-11-20(36-26(34)31(5)14-6-7-22(33)27(2,3)4)24-23(17)28-15-21(30-16-18-9-10-18)29(28,35)13-12-19(32)25(28)37-24/h8,11,18,25,35H,6-7,9-10,12-16H2,1-5H3/t25-,28-,29+/m0/s1. The topological polar surface area (TPSA) is 106 Å². The maximum atomic E-state index is 13.0. The molecule has 37 heavy (non-hydrogen) atoms. The molecule has 3 aliphatic carbocycles. The number of rotatable bonds is 7. The van der Waals surface area contributed by atoms with Crippen LogP contribution in [0.15, 0.2) is 17.1 Å². The van der Waals surface area contributed by atoms with Gasteiger partial charge in [0.1, 0.15) is 11.4 Å². The highest BCUT2D eigenvalue weighted by Crippen LogP contribution is 2.65. The SMILES string of the molecule is Cc1ccc(OC(=O)N(C)CCCC(=O)C(C)(C)C)c2c1[C@]13CC(=NCC4CC4)[C@]1(O)CCC(=O)[C@@H]3O2. The van der Waals surface area contributed by atoms with Crippen molar-refractivity contribution in [2.75, 3.05) is 20.1 Å². The summed E-state index contributed by atoms with van der Waals surface area (Å²) in [7, 11) is 1.63. The second-order valence-electron chi connectivity index (χ2n) is 12.4. The molecule has 3 fully saturated rings. The van der Waals surface area contributed by atoms with Gasteiger partial charge < -0.3 is 19.5 Å². The summed E-state index contributed by atoms with van der Waals surface area (Å²) < 4.78 is 12.0. The van der Waals surface area contributed by atoms with Crippen LogP contribution in [0.1, 0.15) is 76.8 Å². The Kier molecular flexibility index (Phi) is 6.25. The molecule has 8 heteroatoms. The molecule has 1 spiro atoms. The fraction of sp³-hybridized carbons (Fsp3) is 0.655. The molecule has 0 aromatic heterocycles. The van der Waals surface area contributed by atoms with Gasteiger partial charge in [-0.25, -0.2) is 4.79 Å². The first-order valence-electron chi connectivity index (χ1n) is 13.4. The minimum Gasteiger partial charge on any atom is -0.477 e. The van der Waals surface area contributed by atoms with Crippen molar-refractivity contribution in [1.82, 2.24) is 4.90 Å². The number of aryl methyl sites for hydroxylation is 1. The van der Waals surface area contributed by atoms with E-state index in [1.807, 2.05) is 33.8 Å². The number of aliphatic hydroxyl groups is 1. The summed E-state index contributed by atoms with van der Waals surface area (Å²) >= 11 is 0. The van der Waals surface area contributed by atoms with Gasteiger partial charge in [-0.3, -0.25) is 14.6 Å². The van der Waals surface area contributed by atoms with E-state index in [0.29, 0.717) is 43.9 Å². The van der Waals surface area contributed by atoms with Gasteiger partial charge in [0.05, 0.1) is 5.41 Å². The van der Waals surface area contributed by atoms with E-state index in [4.69, 9.17) is 14.5 Å². The number of hydrogen-bond donors (Lipinski definition) is 1. The molecule has 0 bridgehead atoms. The molecule has 0 unspecified atom stereocenters. The van der Waals surface area contributed by atoms with Crippen LogP contribution in [-0.4, -0.2) is 65.2 Å². The second kappa shape index (κ2) is 8.93. The minimum atomic E-state index is -1.23. The summed E-state index contributed by atoms with van der Waals surface area (Å²) in [4.78, 5) is 44.3. The molecule has 1 N–H and O–H groups in total. The Morgan fingerprint density at radius 1 is 1.27 bits per heavy atom. The summed E-state index contributed by atoms with van der Waals surface area (Å²) in [5.74, 6) is 1.32. The first-order valence-corrected chi connectivity index (χ1v) is 13.4. The molecule has 8 nitrogen and oxygen atoms in total. The van der Waals surface area contributed by atoms with Gasteiger partial charge in [-0.1, -0.05) is 26.8 Å². The van der Waals surface area contributed by atoms with Crippen LogP contribution in [0.3, 0.4) is 0 Å². The van der Waals surface area contributed by atoms with Gasteiger partial charge in [-0.2, -0.15) is 0 Å². The van der Waals surface area contributed by atoms with Crippen molar-refractivity contribution in [1.29, 1.82) is 0 Å². The van der Waals surface area contributed by atoms with Crippen molar-refractivity contribution < 1.29 is 29.0 Å². The Hall–Kier alpha value is -2.74. The number of benzene rings is 1. The Labute approximate surface area is 218 Å². The van der Waals surface area contributed by atoms with Gasteiger partial charge in [-0.15, -0.1) is 0 Å². The minimum absolute atomic E-state index is 0.0422. The average Bonchev–Trinajstić information content (AvgIpc) is 3.58. The highest BCUT2D eigenvalue weighted by molar-refractivity contribution is 6.08. The molecule has 1 aliphatic heterocycles. The molecule has 0 radical (unpaired) electrons. The summed E-state index contributed by atoms with van der Waals surface area (Å²) in [6, 6.07) is 3.53. The molecule has 1 aromatic rings.